The van der Waals surface area contributed by atoms with Gasteiger partial charge in [-0.1, -0.05) is 48.5 Å². The van der Waals surface area contributed by atoms with Crippen LogP contribution in [0.25, 0.3) is 0 Å². The lowest BCUT2D eigenvalue weighted by atomic mass is 9.79. The zero-order valence-corrected chi connectivity index (χ0v) is 20.2. The van der Waals surface area contributed by atoms with Crippen molar-refractivity contribution in [3.63, 3.8) is 0 Å². The van der Waals surface area contributed by atoms with Gasteiger partial charge in [-0.15, -0.1) is 0 Å². The van der Waals surface area contributed by atoms with Crippen molar-refractivity contribution in [2.24, 2.45) is 0 Å². The highest BCUT2D eigenvalue weighted by molar-refractivity contribution is 5.70. The van der Waals surface area contributed by atoms with Gasteiger partial charge in [0, 0.05) is 24.8 Å². The van der Waals surface area contributed by atoms with Crippen LogP contribution in [-0.4, -0.2) is 31.8 Å². The topological polar surface area (TPSA) is 59.0 Å². The molecule has 1 aliphatic carbocycles. The number of carboxylic acid groups (broad SMARTS) is 1. The Morgan fingerprint density at radius 1 is 0.971 bits per heavy atom. The van der Waals surface area contributed by atoms with Crippen LogP contribution in [0.2, 0.25) is 0 Å². The van der Waals surface area contributed by atoms with E-state index in [4.69, 9.17) is 14.6 Å². The SMILES string of the molecule is CCN(Cc1ccc(CC(=O)O)cc1)c1cc(OC)c(OC)cc1[C@H]1CCc2ccccc2C1. The largest absolute Gasteiger partial charge is 0.493 e. The van der Waals surface area contributed by atoms with E-state index in [1.165, 1.54) is 22.4 Å². The lowest BCUT2D eigenvalue weighted by Crippen LogP contribution is -2.25. The number of hydrogen-bond acceptors (Lipinski definition) is 4. The highest BCUT2D eigenvalue weighted by Crippen LogP contribution is 2.43. The van der Waals surface area contributed by atoms with Crippen LogP contribution in [-0.2, 0) is 30.6 Å². The maximum absolute atomic E-state index is 11.0. The van der Waals surface area contributed by atoms with E-state index in [9.17, 15) is 4.79 Å². The molecule has 5 nitrogen and oxygen atoms in total. The number of anilines is 1. The first kappa shape index (κ1) is 23.7. The van der Waals surface area contributed by atoms with Gasteiger partial charge in [-0.2, -0.15) is 0 Å². The molecule has 0 amide bonds. The van der Waals surface area contributed by atoms with Gasteiger partial charge in [-0.05, 0) is 66.0 Å². The molecule has 3 aromatic rings. The Kier molecular flexibility index (Phi) is 7.41. The molecular formula is C29H33NO4. The van der Waals surface area contributed by atoms with Crippen LogP contribution in [0, 0.1) is 0 Å². The zero-order valence-electron chi connectivity index (χ0n) is 20.2. The quantitative estimate of drug-likeness (QED) is 0.449. The van der Waals surface area contributed by atoms with E-state index in [0.717, 1.165) is 55.0 Å². The Balaban J connectivity index is 1.68. The summed E-state index contributed by atoms with van der Waals surface area (Å²) in [6.07, 6.45) is 3.23. The maximum Gasteiger partial charge on any atom is 0.307 e. The molecule has 3 aromatic carbocycles. The second kappa shape index (κ2) is 10.6. The minimum atomic E-state index is -0.813. The molecule has 0 fully saturated rings. The predicted molar refractivity (Wildman–Crippen MR) is 135 cm³/mol. The summed E-state index contributed by atoms with van der Waals surface area (Å²) in [6.45, 7) is 3.73. The summed E-state index contributed by atoms with van der Waals surface area (Å²) in [5, 5.41) is 9.05. The number of methoxy groups -OCH3 is 2. The Morgan fingerprint density at radius 3 is 2.26 bits per heavy atom. The molecule has 0 spiro atoms. The summed E-state index contributed by atoms with van der Waals surface area (Å²) < 4.78 is 11.3. The molecule has 1 atom stereocenters. The van der Waals surface area contributed by atoms with Gasteiger partial charge in [-0.3, -0.25) is 4.79 Å². The van der Waals surface area contributed by atoms with E-state index >= 15 is 0 Å². The van der Waals surface area contributed by atoms with Gasteiger partial charge in [0.15, 0.2) is 11.5 Å². The van der Waals surface area contributed by atoms with Crippen molar-refractivity contribution in [2.45, 2.75) is 45.1 Å². The van der Waals surface area contributed by atoms with Gasteiger partial charge < -0.3 is 19.5 Å². The number of rotatable bonds is 9. The lowest BCUT2D eigenvalue weighted by molar-refractivity contribution is -0.136. The van der Waals surface area contributed by atoms with Crippen molar-refractivity contribution in [2.75, 3.05) is 25.7 Å². The van der Waals surface area contributed by atoms with Crippen LogP contribution < -0.4 is 14.4 Å². The van der Waals surface area contributed by atoms with Crippen LogP contribution >= 0.6 is 0 Å². The third kappa shape index (κ3) is 5.19. The molecule has 0 bridgehead atoms. The average Bonchev–Trinajstić information content (AvgIpc) is 2.86. The van der Waals surface area contributed by atoms with Crippen LogP contribution in [0.3, 0.4) is 0 Å². The first-order valence-corrected chi connectivity index (χ1v) is 11.9. The molecule has 0 heterocycles. The summed E-state index contributed by atoms with van der Waals surface area (Å²) >= 11 is 0. The number of aliphatic carboxylic acids is 1. The Hall–Kier alpha value is -3.47. The Morgan fingerprint density at radius 2 is 1.62 bits per heavy atom. The summed E-state index contributed by atoms with van der Waals surface area (Å²) in [5.41, 5.74) is 7.29. The smallest absolute Gasteiger partial charge is 0.307 e. The van der Waals surface area contributed by atoms with E-state index in [2.05, 4.69) is 48.2 Å². The number of benzene rings is 3. The molecule has 178 valence electrons. The zero-order chi connectivity index (χ0) is 24.1. The van der Waals surface area contributed by atoms with E-state index in [1.54, 1.807) is 14.2 Å². The third-order valence-electron chi connectivity index (χ3n) is 6.79. The molecule has 0 unspecified atom stereocenters. The Bertz CT molecular complexity index is 1140. The molecule has 0 radical (unpaired) electrons. The molecule has 4 rings (SSSR count). The van der Waals surface area contributed by atoms with Crippen LogP contribution in [0.5, 0.6) is 11.5 Å². The molecule has 34 heavy (non-hydrogen) atoms. The van der Waals surface area contributed by atoms with Crippen molar-refractivity contribution in [3.05, 3.63) is 88.5 Å². The van der Waals surface area contributed by atoms with Crippen molar-refractivity contribution < 1.29 is 19.4 Å². The second-order valence-electron chi connectivity index (χ2n) is 8.88. The van der Waals surface area contributed by atoms with Gasteiger partial charge in [0.05, 0.1) is 20.6 Å². The number of ether oxygens (including phenoxy) is 2. The van der Waals surface area contributed by atoms with Gasteiger partial charge in [0.25, 0.3) is 0 Å². The first-order valence-electron chi connectivity index (χ1n) is 11.9. The van der Waals surface area contributed by atoms with Crippen LogP contribution in [0.1, 0.15) is 47.1 Å². The maximum atomic E-state index is 11.0. The summed E-state index contributed by atoms with van der Waals surface area (Å²) in [4.78, 5) is 13.4. The van der Waals surface area contributed by atoms with Crippen molar-refractivity contribution >= 4 is 11.7 Å². The van der Waals surface area contributed by atoms with Crippen molar-refractivity contribution in [1.29, 1.82) is 0 Å². The van der Waals surface area contributed by atoms with E-state index in [-0.39, 0.29) is 6.42 Å². The normalized spacial score (nSPS) is 14.9. The highest BCUT2D eigenvalue weighted by Gasteiger charge is 2.26. The number of carbonyl (C=O) groups is 1. The van der Waals surface area contributed by atoms with Gasteiger partial charge in [0.2, 0.25) is 0 Å². The average molecular weight is 460 g/mol. The molecule has 5 heteroatoms. The number of nitrogens with zero attached hydrogens (tertiary/aromatic N) is 1. The van der Waals surface area contributed by atoms with E-state index in [1.807, 2.05) is 24.3 Å². The standard InChI is InChI=1S/C29H33NO4/c1-4-30(19-21-11-9-20(10-12-21)15-29(31)32)26-18-28(34-3)27(33-2)17-25(26)24-14-13-22-7-5-6-8-23(22)16-24/h5-12,17-18,24H,4,13-16,19H2,1-3H3,(H,31,32)/t24-/m0/s1. The third-order valence-corrected chi connectivity index (χ3v) is 6.79. The minimum absolute atomic E-state index is 0.0424. The molecular weight excluding hydrogens is 426 g/mol. The fourth-order valence-electron chi connectivity index (χ4n) is 4.97. The minimum Gasteiger partial charge on any atom is -0.493 e. The van der Waals surface area contributed by atoms with Gasteiger partial charge in [0.1, 0.15) is 0 Å². The monoisotopic (exact) mass is 459 g/mol. The molecule has 0 aliphatic heterocycles. The van der Waals surface area contributed by atoms with Crippen molar-refractivity contribution in [3.8, 4) is 11.5 Å². The van der Waals surface area contributed by atoms with Crippen LogP contribution in [0.4, 0.5) is 5.69 Å². The number of hydrogen-bond donors (Lipinski definition) is 1. The highest BCUT2D eigenvalue weighted by atomic mass is 16.5. The summed E-state index contributed by atoms with van der Waals surface area (Å²) in [5.74, 6) is 1.07. The summed E-state index contributed by atoms with van der Waals surface area (Å²) in [6, 6.07) is 20.9. The lowest BCUT2D eigenvalue weighted by Gasteiger charge is -2.32. The van der Waals surface area contributed by atoms with Crippen LogP contribution in [0.15, 0.2) is 60.7 Å². The Labute approximate surface area is 201 Å². The molecule has 0 saturated carbocycles. The molecule has 0 saturated heterocycles. The fraction of sp³-hybridized carbons (Fsp3) is 0.345. The van der Waals surface area contributed by atoms with E-state index < -0.39 is 5.97 Å². The first-order chi connectivity index (χ1) is 16.5. The predicted octanol–water partition coefficient (Wildman–Crippen LogP) is 5.63. The van der Waals surface area contributed by atoms with Gasteiger partial charge >= 0.3 is 5.97 Å². The van der Waals surface area contributed by atoms with Gasteiger partial charge in [-0.25, -0.2) is 0 Å². The molecule has 1 aliphatic rings. The number of aryl methyl sites for hydroxylation is 1. The van der Waals surface area contributed by atoms with E-state index in [0.29, 0.717) is 5.92 Å². The van der Waals surface area contributed by atoms with Crippen molar-refractivity contribution in [1.82, 2.24) is 0 Å². The molecule has 1 N–H and O–H groups in total. The number of carboxylic acids is 1. The molecule has 0 aromatic heterocycles. The number of fused-ring (bicyclic) bond motifs is 1. The second-order valence-corrected chi connectivity index (χ2v) is 8.88. The fourth-order valence-corrected chi connectivity index (χ4v) is 4.97. The summed E-state index contributed by atoms with van der Waals surface area (Å²) in [7, 11) is 3.36.